The average molecular weight is 1030 g/mol. The molecule has 0 unspecified atom stereocenters. The smallest absolute Gasteiger partial charge is 0.422 e. The monoisotopic (exact) mass is 1030 g/mol. The Labute approximate surface area is 439 Å². The lowest BCUT2D eigenvalue weighted by Crippen LogP contribution is -2.36. The van der Waals surface area contributed by atoms with E-state index in [1.54, 1.807) is 13.0 Å². The number of hydrogen-bond acceptors (Lipinski definition) is 12. The fourth-order valence-electron chi connectivity index (χ4n) is 9.60. The number of pyridine rings is 2. The number of likely N-dealkylation sites (tertiary alicyclic amines) is 2. The minimum absolute atomic E-state index is 0.0211. The Bertz CT molecular complexity index is 2850. The van der Waals surface area contributed by atoms with Crippen molar-refractivity contribution in [2.24, 2.45) is 11.8 Å². The molecule has 4 aromatic heterocycles. The van der Waals surface area contributed by atoms with Gasteiger partial charge in [-0.3, -0.25) is 10.2 Å². The van der Waals surface area contributed by atoms with Gasteiger partial charge < -0.3 is 49.8 Å². The first kappa shape index (κ1) is 53.8. The van der Waals surface area contributed by atoms with Crippen LogP contribution in [0.2, 0.25) is 5.15 Å². The van der Waals surface area contributed by atoms with E-state index in [0.717, 1.165) is 157 Å². The minimum Gasteiger partial charge on any atom is -0.422 e. The summed E-state index contributed by atoms with van der Waals surface area (Å²) in [5, 5.41) is 37.3. The first-order valence-electron chi connectivity index (χ1n) is 25.8. The van der Waals surface area contributed by atoms with Crippen molar-refractivity contribution in [2.75, 3.05) is 99.2 Å². The molecule has 74 heavy (non-hydrogen) atoms. The summed E-state index contributed by atoms with van der Waals surface area (Å²) in [6, 6.07) is 23.8. The number of carbonyl (C=O) groups excluding carboxylic acids is 2. The number of hydrogen-bond donors (Lipinski definition) is 6. The zero-order valence-corrected chi connectivity index (χ0v) is 44.2. The van der Waals surface area contributed by atoms with Crippen molar-refractivity contribution < 1.29 is 29.1 Å². The maximum Gasteiger partial charge on any atom is 0.507 e. The summed E-state index contributed by atoms with van der Waals surface area (Å²) >= 11 is 6.36. The molecule has 4 saturated heterocycles. The zero-order chi connectivity index (χ0) is 52.3. The van der Waals surface area contributed by atoms with Crippen molar-refractivity contribution in [2.45, 2.75) is 67.2 Å². The van der Waals surface area contributed by atoms with Crippen LogP contribution in [0.15, 0.2) is 72.8 Å². The highest BCUT2D eigenvalue weighted by molar-refractivity contribution is 6.57. The molecule has 6 aromatic rings. The SMILES string of the molecule is CC[C@@H]1CCN(C(=O)Nc2ccc(C)c(-c3cc(-c4cc(C)[nH]n4)nc(N4CCOCC4)c3)c2)C1.CC[C@@H]1CCN(C(=O)Nc2ccc(C)c(-c3cc(Cl)nc(N4CCOCC4)c3)c2)C1.Cc1cc(B(O)O)[nH]n1. The van der Waals surface area contributed by atoms with Gasteiger partial charge in [-0.15, -0.1) is 0 Å². The Kier molecular flexibility index (Phi) is 18.3. The van der Waals surface area contributed by atoms with Crippen LogP contribution in [0.1, 0.15) is 62.0 Å². The molecule has 20 heteroatoms. The van der Waals surface area contributed by atoms with Crippen LogP contribution in [0.3, 0.4) is 0 Å². The third kappa shape index (κ3) is 14.0. The minimum atomic E-state index is -1.44. The Morgan fingerprint density at radius 2 is 1.16 bits per heavy atom. The molecule has 2 atom stereocenters. The molecule has 2 aromatic carbocycles. The van der Waals surface area contributed by atoms with Crippen LogP contribution < -0.4 is 26.0 Å². The number of nitrogens with zero attached hydrogens (tertiary/aromatic N) is 8. The van der Waals surface area contributed by atoms with Crippen LogP contribution in [0.5, 0.6) is 0 Å². The van der Waals surface area contributed by atoms with Gasteiger partial charge in [0.15, 0.2) is 0 Å². The highest BCUT2D eigenvalue weighted by Crippen LogP contribution is 2.34. The topological polar surface area (TPSA) is 213 Å². The second kappa shape index (κ2) is 25.2. The third-order valence-electron chi connectivity index (χ3n) is 14.1. The van der Waals surface area contributed by atoms with Gasteiger partial charge in [0.2, 0.25) is 0 Å². The number of carbonyl (C=O) groups is 2. The van der Waals surface area contributed by atoms with Gasteiger partial charge in [-0.05, 0) is 146 Å². The van der Waals surface area contributed by atoms with Crippen molar-refractivity contribution in [3.8, 4) is 33.6 Å². The number of ether oxygens (including phenoxy) is 2. The molecule has 0 bridgehead atoms. The molecule has 4 amide bonds. The van der Waals surface area contributed by atoms with Gasteiger partial charge in [0.25, 0.3) is 0 Å². The van der Waals surface area contributed by atoms with E-state index in [2.05, 4.69) is 104 Å². The first-order valence-corrected chi connectivity index (χ1v) is 26.2. The number of aromatic amines is 2. The van der Waals surface area contributed by atoms with E-state index >= 15 is 0 Å². The van der Waals surface area contributed by atoms with E-state index in [1.165, 1.54) is 0 Å². The molecule has 0 aliphatic carbocycles. The number of halogens is 1. The van der Waals surface area contributed by atoms with Crippen LogP contribution >= 0.6 is 11.6 Å². The molecule has 6 N–H and O–H groups in total. The molecule has 4 aliphatic heterocycles. The summed E-state index contributed by atoms with van der Waals surface area (Å²) < 4.78 is 11.0. The Balaban J connectivity index is 0.000000170. The first-order chi connectivity index (χ1) is 35.7. The average Bonchev–Trinajstić information content (AvgIpc) is 4.27. The van der Waals surface area contributed by atoms with Crippen molar-refractivity contribution in [1.29, 1.82) is 0 Å². The fraction of sp³-hybridized carbons (Fsp3) is 0.444. The van der Waals surface area contributed by atoms with E-state index < -0.39 is 7.12 Å². The normalized spacial score (nSPS) is 17.6. The third-order valence-corrected chi connectivity index (χ3v) is 14.3. The van der Waals surface area contributed by atoms with E-state index in [9.17, 15) is 9.59 Å². The number of nitrogens with one attached hydrogen (secondary N) is 4. The lowest BCUT2D eigenvalue weighted by Gasteiger charge is -2.28. The molecule has 4 fully saturated rings. The predicted molar refractivity (Wildman–Crippen MR) is 293 cm³/mol. The number of aryl methyl sites for hydroxylation is 4. The summed E-state index contributed by atoms with van der Waals surface area (Å²) in [4.78, 5) is 43.3. The number of amides is 4. The molecule has 0 spiro atoms. The summed E-state index contributed by atoms with van der Waals surface area (Å²) in [5.74, 6) is 2.99. The number of urea groups is 2. The van der Waals surface area contributed by atoms with Gasteiger partial charge in [0.05, 0.1) is 43.4 Å². The van der Waals surface area contributed by atoms with Crippen molar-refractivity contribution >= 4 is 59.4 Å². The quantitative estimate of drug-likeness (QED) is 0.0568. The van der Waals surface area contributed by atoms with Crippen LogP contribution in [-0.2, 0) is 9.47 Å². The number of morpholine rings is 2. The van der Waals surface area contributed by atoms with Gasteiger partial charge in [-0.25, -0.2) is 19.6 Å². The molecule has 0 radical (unpaired) electrons. The molecule has 10 rings (SSSR count). The predicted octanol–water partition coefficient (Wildman–Crippen LogP) is 8.06. The largest absolute Gasteiger partial charge is 0.507 e. The van der Waals surface area contributed by atoms with Crippen LogP contribution in [0, 0.1) is 39.5 Å². The van der Waals surface area contributed by atoms with Crippen LogP contribution in [0.25, 0.3) is 33.6 Å². The van der Waals surface area contributed by atoms with E-state index in [-0.39, 0.29) is 12.1 Å². The van der Waals surface area contributed by atoms with Crippen molar-refractivity contribution in [3.05, 3.63) is 100 Å². The molecule has 0 saturated carbocycles. The highest BCUT2D eigenvalue weighted by atomic mass is 35.5. The molecule has 18 nitrogen and oxygen atoms in total. The van der Waals surface area contributed by atoms with Crippen molar-refractivity contribution in [3.63, 3.8) is 0 Å². The summed E-state index contributed by atoms with van der Waals surface area (Å²) in [5.41, 5.74) is 11.7. The van der Waals surface area contributed by atoms with Crippen LogP contribution in [-0.4, -0.2) is 148 Å². The number of anilines is 4. The molecular formula is C54H70BClN12O6. The second-order valence-electron chi connectivity index (χ2n) is 19.5. The highest BCUT2D eigenvalue weighted by Gasteiger charge is 2.27. The van der Waals surface area contributed by atoms with Crippen LogP contribution in [0.4, 0.5) is 32.6 Å². The zero-order valence-electron chi connectivity index (χ0n) is 43.5. The van der Waals surface area contributed by atoms with Gasteiger partial charge in [0.1, 0.15) is 22.5 Å². The van der Waals surface area contributed by atoms with Gasteiger partial charge in [-0.2, -0.15) is 10.2 Å². The Hall–Kier alpha value is -6.51. The summed E-state index contributed by atoms with van der Waals surface area (Å²) in [7, 11) is -1.44. The number of benzene rings is 2. The maximum absolute atomic E-state index is 12.9. The number of H-pyrrole nitrogens is 2. The fourth-order valence-corrected chi connectivity index (χ4v) is 9.81. The molecule has 392 valence electrons. The van der Waals surface area contributed by atoms with Gasteiger partial charge in [0, 0.05) is 69.4 Å². The molecule has 4 aliphatic rings. The van der Waals surface area contributed by atoms with Gasteiger partial charge >= 0.3 is 19.2 Å². The van der Waals surface area contributed by atoms with Crippen molar-refractivity contribution in [1.82, 2.24) is 40.2 Å². The molecular weight excluding hydrogens is 959 g/mol. The number of aromatic nitrogens is 6. The summed E-state index contributed by atoms with van der Waals surface area (Å²) in [6.07, 6.45) is 4.40. The number of rotatable bonds is 10. The summed E-state index contributed by atoms with van der Waals surface area (Å²) in [6.45, 7) is 21.6. The van der Waals surface area contributed by atoms with E-state index in [0.29, 0.717) is 49.0 Å². The van der Waals surface area contributed by atoms with E-state index in [1.807, 2.05) is 53.1 Å². The molecule has 8 heterocycles. The van der Waals surface area contributed by atoms with E-state index in [4.69, 9.17) is 36.1 Å². The lowest BCUT2D eigenvalue weighted by atomic mass is 9.86. The standard InChI is InChI=1S/C27H34N6O2.C23H29ClN4O2.C4H7BN2O2/c1-4-20-7-8-33(17-20)27(34)28-22-6-5-18(2)23(16-22)21-14-24(25-13-19(3)30-31-25)29-26(15-21)32-9-11-35-12-10-32;1-3-17-6-7-28(15-17)23(29)25-19-5-4-16(2)20(14-19)18-12-21(24)26-22(13-18)27-8-10-30-11-9-27;1-3-2-4(5(8)9)7-6-3/h5-6,13-16,20H,4,7-12,17H2,1-3H3,(H,28,34)(H,30,31);4-5,12-14,17H,3,6-11,15H2,1-2H3,(H,25,29);2,8-9H,1H3,(H,6,7)/t20-;17-;/m11./s1. The Morgan fingerprint density at radius 1 is 0.649 bits per heavy atom. The maximum atomic E-state index is 12.9. The van der Waals surface area contributed by atoms with Gasteiger partial charge in [-0.1, -0.05) is 50.4 Å². The lowest BCUT2D eigenvalue weighted by molar-refractivity contribution is 0.122. The Morgan fingerprint density at radius 3 is 1.59 bits per heavy atom. The second-order valence-corrected chi connectivity index (χ2v) is 19.9.